The quantitative estimate of drug-likeness (QED) is 0.762. The van der Waals surface area contributed by atoms with E-state index in [4.69, 9.17) is 15.6 Å². The first-order valence-electron chi connectivity index (χ1n) is 6.39. The van der Waals surface area contributed by atoms with E-state index in [1.165, 1.54) is 0 Å². The van der Waals surface area contributed by atoms with Crippen LogP contribution in [0.5, 0.6) is 5.75 Å². The molecule has 1 aromatic rings. The molecule has 0 aromatic heterocycles. The number of hydrogen-bond donors (Lipinski definition) is 2. The molecule has 0 amide bonds. The molecule has 0 spiro atoms. The molecule has 4 nitrogen and oxygen atoms in total. The van der Waals surface area contributed by atoms with Gasteiger partial charge in [-0.1, -0.05) is 0 Å². The first-order valence-corrected chi connectivity index (χ1v) is 6.39. The highest BCUT2D eigenvalue weighted by molar-refractivity contribution is 5.62. The maximum absolute atomic E-state index is 9.12. The molecule has 18 heavy (non-hydrogen) atoms. The fourth-order valence-electron chi connectivity index (χ4n) is 1.85. The molecule has 0 saturated heterocycles. The van der Waals surface area contributed by atoms with Crippen LogP contribution < -0.4 is 15.4 Å². The van der Waals surface area contributed by atoms with Crippen LogP contribution in [0.2, 0.25) is 0 Å². The van der Waals surface area contributed by atoms with E-state index in [1.54, 1.807) is 0 Å². The Balaban J connectivity index is 3.01. The molecular formula is C14H24N2O2. The van der Waals surface area contributed by atoms with Gasteiger partial charge in [-0.15, -0.1) is 0 Å². The third-order valence-corrected chi connectivity index (χ3v) is 2.66. The molecule has 3 N–H and O–H groups in total. The second-order valence-corrected chi connectivity index (χ2v) is 4.90. The lowest BCUT2D eigenvalue weighted by atomic mass is 10.2. The van der Waals surface area contributed by atoms with Crippen LogP contribution in [0.3, 0.4) is 0 Å². The van der Waals surface area contributed by atoms with Crippen molar-refractivity contribution in [2.45, 2.75) is 39.8 Å². The Morgan fingerprint density at radius 2 is 1.94 bits per heavy atom. The highest BCUT2D eigenvalue weighted by Crippen LogP contribution is 2.29. The monoisotopic (exact) mass is 252 g/mol. The minimum Gasteiger partial charge on any atom is -0.489 e. The Morgan fingerprint density at radius 3 is 2.44 bits per heavy atom. The molecule has 1 aromatic carbocycles. The molecule has 1 rings (SSSR count). The van der Waals surface area contributed by atoms with E-state index < -0.39 is 0 Å². The summed E-state index contributed by atoms with van der Waals surface area (Å²) in [4.78, 5) is 2.12. The first-order chi connectivity index (χ1) is 8.45. The van der Waals surface area contributed by atoms with Gasteiger partial charge in [0.15, 0.2) is 0 Å². The summed E-state index contributed by atoms with van der Waals surface area (Å²) in [6.07, 6.45) is 0.0906. The zero-order chi connectivity index (χ0) is 13.7. The Kier molecular flexibility index (Phi) is 5.28. The number of benzene rings is 1. The van der Waals surface area contributed by atoms with Gasteiger partial charge in [0.2, 0.25) is 0 Å². The predicted octanol–water partition coefficient (Wildman–Crippen LogP) is 2.26. The second kappa shape index (κ2) is 6.50. The van der Waals surface area contributed by atoms with Gasteiger partial charge in [-0.3, -0.25) is 0 Å². The maximum atomic E-state index is 9.12. The number of anilines is 2. The fraction of sp³-hybridized carbons (Fsp3) is 0.571. The molecule has 0 fully saturated rings. The van der Waals surface area contributed by atoms with E-state index in [1.807, 2.05) is 32.0 Å². The molecule has 0 aliphatic carbocycles. The zero-order valence-electron chi connectivity index (χ0n) is 11.7. The van der Waals surface area contributed by atoms with E-state index in [0.717, 1.165) is 5.69 Å². The van der Waals surface area contributed by atoms with E-state index >= 15 is 0 Å². The molecule has 0 radical (unpaired) electrons. The molecule has 0 heterocycles. The van der Waals surface area contributed by atoms with Gasteiger partial charge in [0.05, 0.1) is 18.4 Å². The summed E-state index contributed by atoms with van der Waals surface area (Å²) in [5.41, 5.74) is 7.55. The van der Waals surface area contributed by atoms with Gasteiger partial charge in [-0.2, -0.15) is 0 Å². The van der Waals surface area contributed by atoms with Crippen LogP contribution in [0.1, 0.15) is 27.7 Å². The number of aliphatic hydroxyl groups is 1. The topological polar surface area (TPSA) is 58.7 Å². The summed E-state index contributed by atoms with van der Waals surface area (Å²) < 4.78 is 5.68. The van der Waals surface area contributed by atoms with E-state index in [2.05, 4.69) is 18.7 Å². The van der Waals surface area contributed by atoms with Crippen molar-refractivity contribution in [1.29, 1.82) is 0 Å². The van der Waals surface area contributed by atoms with Crippen molar-refractivity contribution in [3.8, 4) is 5.75 Å². The normalized spacial score (nSPS) is 11.1. The van der Waals surface area contributed by atoms with E-state index in [-0.39, 0.29) is 12.7 Å². The summed E-state index contributed by atoms with van der Waals surface area (Å²) in [6, 6.07) is 6.05. The molecule has 0 unspecified atom stereocenters. The van der Waals surface area contributed by atoms with E-state index in [9.17, 15) is 0 Å². The van der Waals surface area contributed by atoms with Crippen LogP contribution >= 0.6 is 0 Å². The van der Waals surface area contributed by atoms with Gasteiger partial charge >= 0.3 is 0 Å². The summed E-state index contributed by atoms with van der Waals surface area (Å²) in [7, 11) is 0. The number of hydrogen-bond acceptors (Lipinski definition) is 4. The highest BCUT2D eigenvalue weighted by Gasteiger charge is 2.12. The van der Waals surface area contributed by atoms with Crippen molar-refractivity contribution >= 4 is 11.4 Å². The number of nitrogens with two attached hydrogens (primary N) is 1. The highest BCUT2D eigenvalue weighted by atomic mass is 16.5. The van der Waals surface area contributed by atoms with Crippen LogP contribution in [0.4, 0.5) is 11.4 Å². The Bertz CT molecular complexity index is 378. The van der Waals surface area contributed by atoms with Gasteiger partial charge in [0.25, 0.3) is 0 Å². The Morgan fingerprint density at radius 1 is 1.28 bits per heavy atom. The van der Waals surface area contributed by atoms with Crippen molar-refractivity contribution in [3.63, 3.8) is 0 Å². The van der Waals surface area contributed by atoms with Crippen LogP contribution in [0, 0.1) is 0 Å². The molecular weight excluding hydrogens is 228 g/mol. The lowest BCUT2D eigenvalue weighted by Gasteiger charge is -2.29. The predicted molar refractivity (Wildman–Crippen MR) is 76.2 cm³/mol. The molecule has 0 bridgehead atoms. The van der Waals surface area contributed by atoms with E-state index in [0.29, 0.717) is 24.0 Å². The second-order valence-electron chi connectivity index (χ2n) is 4.90. The zero-order valence-corrected chi connectivity index (χ0v) is 11.7. The van der Waals surface area contributed by atoms with Gasteiger partial charge < -0.3 is 20.5 Å². The minimum absolute atomic E-state index is 0.0906. The van der Waals surface area contributed by atoms with Crippen LogP contribution in [0.25, 0.3) is 0 Å². The third kappa shape index (κ3) is 3.81. The molecule has 0 aliphatic rings. The average molecular weight is 252 g/mol. The largest absolute Gasteiger partial charge is 0.489 e. The number of rotatable bonds is 6. The lowest BCUT2D eigenvalue weighted by Crippen LogP contribution is -2.33. The lowest BCUT2D eigenvalue weighted by molar-refractivity contribution is 0.244. The molecule has 102 valence electrons. The summed E-state index contributed by atoms with van der Waals surface area (Å²) >= 11 is 0. The molecule has 0 aliphatic heterocycles. The smallest absolute Gasteiger partial charge is 0.144 e. The van der Waals surface area contributed by atoms with Crippen LogP contribution in [-0.4, -0.2) is 30.4 Å². The van der Waals surface area contributed by atoms with Crippen molar-refractivity contribution in [1.82, 2.24) is 0 Å². The summed E-state index contributed by atoms with van der Waals surface area (Å²) in [5, 5.41) is 9.12. The average Bonchev–Trinajstić information content (AvgIpc) is 2.28. The van der Waals surface area contributed by atoms with Crippen molar-refractivity contribution in [3.05, 3.63) is 18.2 Å². The molecule has 0 atom stereocenters. The Labute approximate surface area is 109 Å². The fourth-order valence-corrected chi connectivity index (χ4v) is 1.85. The SMILES string of the molecule is CC(C)Oc1cc(N(CCO)C(C)C)ccc1N. The van der Waals surface area contributed by atoms with Crippen LogP contribution in [-0.2, 0) is 0 Å². The molecule has 0 saturated carbocycles. The number of aliphatic hydroxyl groups excluding tert-OH is 1. The number of ether oxygens (including phenoxy) is 1. The maximum Gasteiger partial charge on any atom is 0.144 e. The van der Waals surface area contributed by atoms with Gasteiger partial charge in [-0.05, 0) is 39.8 Å². The van der Waals surface area contributed by atoms with Crippen molar-refractivity contribution in [2.75, 3.05) is 23.8 Å². The minimum atomic E-state index is 0.0906. The van der Waals surface area contributed by atoms with Gasteiger partial charge in [-0.25, -0.2) is 0 Å². The summed E-state index contributed by atoms with van der Waals surface area (Å²) in [5.74, 6) is 0.700. The first kappa shape index (κ1) is 14.6. The summed E-state index contributed by atoms with van der Waals surface area (Å²) in [6.45, 7) is 8.86. The standard InChI is InChI=1S/C14H24N2O2/c1-10(2)16(7-8-17)12-5-6-13(15)14(9-12)18-11(3)4/h5-6,9-11,17H,7-8,15H2,1-4H3. The Hall–Kier alpha value is -1.42. The van der Waals surface area contributed by atoms with Crippen molar-refractivity contribution < 1.29 is 9.84 Å². The third-order valence-electron chi connectivity index (χ3n) is 2.66. The number of nitrogen functional groups attached to an aromatic ring is 1. The number of nitrogens with zero attached hydrogens (tertiary/aromatic N) is 1. The molecule has 4 heteroatoms. The van der Waals surface area contributed by atoms with Crippen molar-refractivity contribution in [2.24, 2.45) is 0 Å². The van der Waals surface area contributed by atoms with Gasteiger partial charge in [0, 0.05) is 24.3 Å². The van der Waals surface area contributed by atoms with Gasteiger partial charge in [0.1, 0.15) is 5.75 Å². The van der Waals surface area contributed by atoms with Crippen LogP contribution in [0.15, 0.2) is 18.2 Å².